The maximum absolute atomic E-state index is 13.7. The minimum Gasteiger partial charge on any atom is -0.376 e. The predicted molar refractivity (Wildman–Crippen MR) is 93.8 cm³/mol. The summed E-state index contributed by atoms with van der Waals surface area (Å²) in [7, 11) is 0. The van der Waals surface area contributed by atoms with E-state index in [0.29, 0.717) is 0 Å². The first kappa shape index (κ1) is 19.2. The van der Waals surface area contributed by atoms with Crippen LogP contribution < -0.4 is 0 Å². The lowest BCUT2D eigenvalue weighted by atomic mass is 9.86. The molecule has 0 fully saturated rings. The number of ketones is 1. The van der Waals surface area contributed by atoms with Gasteiger partial charge in [0.2, 0.25) is 0 Å². The summed E-state index contributed by atoms with van der Waals surface area (Å²) < 4.78 is 41.0. The van der Waals surface area contributed by atoms with E-state index in [1.807, 2.05) is 0 Å². The fraction of sp³-hybridized carbons (Fsp3) is 0.316. The fourth-order valence-corrected chi connectivity index (χ4v) is 3.76. The van der Waals surface area contributed by atoms with Crippen molar-refractivity contribution in [2.45, 2.75) is 37.5 Å². The topological polar surface area (TPSA) is 37.3 Å². The second-order valence-electron chi connectivity index (χ2n) is 6.45. The van der Waals surface area contributed by atoms with Crippen molar-refractivity contribution in [2.75, 3.05) is 0 Å². The van der Waals surface area contributed by atoms with Gasteiger partial charge >= 0.3 is 6.18 Å². The maximum atomic E-state index is 13.7. The van der Waals surface area contributed by atoms with Crippen molar-refractivity contribution in [1.29, 1.82) is 0 Å². The molecular weight excluding hydrogens is 388 g/mol. The van der Waals surface area contributed by atoms with Gasteiger partial charge < -0.3 is 5.11 Å². The number of carbonyl (C=O) groups is 1. The number of aryl methyl sites for hydroxylation is 2. The zero-order valence-electron chi connectivity index (χ0n) is 13.5. The van der Waals surface area contributed by atoms with Gasteiger partial charge in [-0.2, -0.15) is 13.2 Å². The summed E-state index contributed by atoms with van der Waals surface area (Å²) in [6.45, 7) is 0. The summed E-state index contributed by atoms with van der Waals surface area (Å²) in [5.74, 6) is -0.796. The average molecular weight is 403 g/mol. The van der Waals surface area contributed by atoms with E-state index in [4.69, 9.17) is 23.2 Å². The molecule has 26 heavy (non-hydrogen) atoms. The second-order valence-corrected chi connectivity index (χ2v) is 7.33. The monoisotopic (exact) mass is 402 g/mol. The minimum absolute atomic E-state index is 0.0554. The van der Waals surface area contributed by atoms with E-state index in [0.717, 1.165) is 42.5 Å². The van der Waals surface area contributed by atoms with Crippen LogP contribution in [-0.2, 0) is 18.4 Å². The molecule has 0 heterocycles. The van der Waals surface area contributed by atoms with Crippen molar-refractivity contribution in [3.8, 4) is 0 Å². The molecule has 2 aromatic rings. The van der Waals surface area contributed by atoms with Gasteiger partial charge in [-0.15, -0.1) is 0 Å². The molecule has 0 saturated carbocycles. The normalized spacial score (nSPS) is 16.2. The number of hydrogen-bond donors (Lipinski definition) is 1. The first-order valence-corrected chi connectivity index (χ1v) is 8.76. The minimum atomic E-state index is -5.08. The summed E-state index contributed by atoms with van der Waals surface area (Å²) in [4.78, 5) is 12.5. The Balaban J connectivity index is 1.97. The van der Waals surface area contributed by atoms with Crippen LogP contribution in [0.15, 0.2) is 36.4 Å². The van der Waals surface area contributed by atoms with Crippen LogP contribution in [-0.4, -0.2) is 17.1 Å². The van der Waals surface area contributed by atoms with Gasteiger partial charge in [0, 0.05) is 15.6 Å². The number of benzene rings is 2. The van der Waals surface area contributed by atoms with E-state index in [9.17, 15) is 23.1 Å². The number of rotatable bonds is 4. The van der Waals surface area contributed by atoms with E-state index >= 15 is 0 Å². The van der Waals surface area contributed by atoms with Gasteiger partial charge in [0.15, 0.2) is 11.4 Å². The third-order valence-electron chi connectivity index (χ3n) is 4.65. The molecule has 3 rings (SSSR count). The van der Waals surface area contributed by atoms with Gasteiger partial charge in [-0.25, -0.2) is 0 Å². The molecule has 0 radical (unpaired) electrons. The lowest BCUT2D eigenvalue weighted by Gasteiger charge is -2.30. The first-order valence-electron chi connectivity index (χ1n) is 8.01. The van der Waals surface area contributed by atoms with Crippen molar-refractivity contribution in [3.05, 3.63) is 68.7 Å². The second kappa shape index (κ2) is 6.87. The van der Waals surface area contributed by atoms with Gasteiger partial charge in [0.25, 0.3) is 0 Å². The average Bonchev–Trinajstić information content (AvgIpc) is 3.00. The van der Waals surface area contributed by atoms with E-state index in [1.165, 1.54) is 12.1 Å². The molecule has 138 valence electrons. The van der Waals surface area contributed by atoms with Crippen LogP contribution in [0.25, 0.3) is 0 Å². The molecule has 0 aromatic heterocycles. The third kappa shape index (κ3) is 3.61. The van der Waals surface area contributed by atoms with Crippen LogP contribution in [0.2, 0.25) is 10.0 Å². The summed E-state index contributed by atoms with van der Waals surface area (Å²) in [5.41, 5.74) is -1.71. The molecule has 1 aliphatic carbocycles. The van der Waals surface area contributed by atoms with Crippen LogP contribution in [0, 0.1) is 0 Å². The Kier molecular flexibility index (Phi) is 5.08. The zero-order chi connectivity index (χ0) is 19.1. The highest BCUT2D eigenvalue weighted by atomic mass is 35.5. The summed E-state index contributed by atoms with van der Waals surface area (Å²) in [5, 5.41) is 10.3. The van der Waals surface area contributed by atoms with Gasteiger partial charge in [-0.1, -0.05) is 35.3 Å². The summed E-state index contributed by atoms with van der Waals surface area (Å²) in [6, 6.07) is 8.08. The molecule has 2 aromatic carbocycles. The van der Waals surface area contributed by atoms with E-state index in [2.05, 4.69) is 0 Å². The first-order chi connectivity index (χ1) is 12.1. The molecule has 0 amide bonds. The Morgan fingerprint density at radius 1 is 1.00 bits per heavy atom. The molecule has 0 bridgehead atoms. The molecule has 1 aliphatic rings. The molecule has 7 heteroatoms. The van der Waals surface area contributed by atoms with Crippen molar-refractivity contribution < 1.29 is 23.1 Å². The van der Waals surface area contributed by atoms with Gasteiger partial charge in [-0.3, -0.25) is 4.79 Å². The largest absolute Gasteiger partial charge is 0.421 e. The van der Waals surface area contributed by atoms with Crippen LogP contribution in [0.3, 0.4) is 0 Å². The number of halogens is 5. The molecule has 0 unspecified atom stereocenters. The van der Waals surface area contributed by atoms with Crippen LogP contribution in [0.5, 0.6) is 0 Å². The van der Waals surface area contributed by atoms with Gasteiger partial charge in [-0.05, 0) is 60.2 Å². The van der Waals surface area contributed by atoms with Crippen molar-refractivity contribution >= 4 is 29.0 Å². The Morgan fingerprint density at radius 3 is 2.23 bits per heavy atom. The number of aliphatic hydroxyl groups is 1. The van der Waals surface area contributed by atoms with Crippen molar-refractivity contribution in [1.82, 2.24) is 0 Å². The highest BCUT2D eigenvalue weighted by Gasteiger charge is 2.56. The Hall–Kier alpha value is -1.56. The molecule has 0 aliphatic heterocycles. The van der Waals surface area contributed by atoms with Crippen LogP contribution in [0.1, 0.15) is 39.9 Å². The lowest BCUT2D eigenvalue weighted by Crippen LogP contribution is -2.44. The smallest absolute Gasteiger partial charge is 0.376 e. The lowest BCUT2D eigenvalue weighted by molar-refractivity contribution is -0.264. The van der Waals surface area contributed by atoms with Gasteiger partial charge in [0.1, 0.15) is 0 Å². The molecular formula is C19H15Cl2F3O2. The third-order valence-corrected chi connectivity index (χ3v) is 5.08. The van der Waals surface area contributed by atoms with Crippen LogP contribution in [0.4, 0.5) is 13.2 Å². The Labute approximate surface area is 158 Å². The molecule has 1 atom stereocenters. The predicted octanol–water partition coefficient (Wildman–Crippen LogP) is 5.51. The maximum Gasteiger partial charge on any atom is 0.421 e. The number of fused-ring (bicyclic) bond motifs is 1. The van der Waals surface area contributed by atoms with Gasteiger partial charge in [0.05, 0.1) is 6.42 Å². The SMILES string of the molecule is O=C(C[C@@](O)(c1cc(Cl)cc(Cl)c1)C(F)(F)F)c1ccc2c(c1)CCC2. The number of carbonyl (C=O) groups excluding carboxylic acids is 1. The highest BCUT2D eigenvalue weighted by molar-refractivity contribution is 6.34. The van der Waals surface area contributed by atoms with E-state index in [-0.39, 0.29) is 15.6 Å². The van der Waals surface area contributed by atoms with Crippen molar-refractivity contribution in [2.24, 2.45) is 0 Å². The van der Waals surface area contributed by atoms with E-state index < -0.39 is 29.5 Å². The molecule has 0 saturated heterocycles. The molecule has 0 spiro atoms. The Morgan fingerprint density at radius 2 is 1.62 bits per heavy atom. The highest BCUT2D eigenvalue weighted by Crippen LogP contribution is 2.44. The fourth-order valence-electron chi connectivity index (χ4n) is 3.24. The summed E-state index contributed by atoms with van der Waals surface area (Å²) in [6.07, 6.45) is -3.57. The number of Topliss-reactive ketones (excluding diaryl/α,β-unsaturated/α-hetero) is 1. The number of hydrogen-bond acceptors (Lipinski definition) is 2. The van der Waals surface area contributed by atoms with Crippen LogP contribution >= 0.6 is 23.2 Å². The van der Waals surface area contributed by atoms with Crippen molar-refractivity contribution in [3.63, 3.8) is 0 Å². The standard InChI is InChI=1S/C19H15Cl2F3O2/c20-15-7-14(8-16(21)9-15)18(26,19(22,23)24)10-17(25)13-5-4-11-2-1-3-12(11)6-13/h4-9,26H,1-3,10H2/t18-/m1/s1. The quantitative estimate of drug-likeness (QED) is 0.685. The zero-order valence-corrected chi connectivity index (χ0v) is 15.0. The van der Waals surface area contributed by atoms with E-state index in [1.54, 1.807) is 12.1 Å². The summed E-state index contributed by atoms with van der Waals surface area (Å²) >= 11 is 11.6. The Bertz CT molecular complexity index is 844. The number of alkyl halides is 3. The molecule has 1 N–H and O–H groups in total. The molecule has 2 nitrogen and oxygen atoms in total.